The minimum Gasteiger partial charge on any atom is -0.479 e. The molecule has 0 bridgehead atoms. The molecule has 11 nitrogen and oxygen atoms in total. The van der Waals surface area contributed by atoms with Crippen LogP contribution in [0.1, 0.15) is 142 Å². The van der Waals surface area contributed by atoms with Crippen LogP contribution in [0.15, 0.2) is 109 Å². The Morgan fingerprint density at radius 1 is 0.500 bits per heavy atom. The number of carbonyl (C=O) groups excluding carboxylic acids is 2. The van der Waals surface area contributed by atoms with Crippen molar-refractivity contribution in [1.82, 2.24) is 0 Å². The van der Waals surface area contributed by atoms with E-state index in [0.29, 0.717) is 19.3 Å². The maximum absolute atomic E-state index is 12.8. The van der Waals surface area contributed by atoms with Crippen LogP contribution in [0.3, 0.4) is 0 Å². The zero-order chi connectivity index (χ0) is 45.3. The lowest BCUT2D eigenvalue weighted by Crippen LogP contribution is -2.60. The molecule has 1 heterocycles. The summed E-state index contributed by atoms with van der Waals surface area (Å²) in [6.45, 7) is 3.51. The monoisotopic (exact) mass is 867 g/mol. The van der Waals surface area contributed by atoms with Crippen LogP contribution in [0.5, 0.6) is 0 Å². The average molecular weight is 867 g/mol. The van der Waals surface area contributed by atoms with Crippen LogP contribution >= 0.6 is 0 Å². The molecule has 6 atom stereocenters. The smallest absolute Gasteiger partial charge is 0.335 e. The first-order chi connectivity index (χ1) is 30.2. The summed E-state index contributed by atoms with van der Waals surface area (Å²) < 4.78 is 21.7. The van der Waals surface area contributed by atoms with Crippen molar-refractivity contribution in [2.45, 2.75) is 179 Å². The van der Waals surface area contributed by atoms with Crippen LogP contribution in [0, 0.1) is 0 Å². The molecular formula is C51H78O11. The van der Waals surface area contributed by atoms with Gasteiger partial charge < -0.3 is 39.4 Å². The normalized spacial score (nSPS) is 20.6. The van der Waals surface area contributed by atoms with E-state index in [-0.39, 0.29) is 19.4 Å². The minimum atomic E-state index is -1.88. The number of hydrogen-bond donors (Lipinski definition) is 4. The molecular weight excluding hydrogens is 789 g/mol. The van der Waals surface area contributed by atoms with Gasteiger partial charge in [-0.2, -0.15) is 0 Å². The predicted molar refractivity (Wildman–Crippen MR) is 247 cm³/mol. The summed E-state index contributed by atoms with van der Waals surface area (Å²) in [6, 6.07) is 0. The number of esters is 2. The summed E-state index contributed by atoms with van der Waals surface area (Å²) in [5.41, 5.74) is 0. The van der Waals surface area contributed by atoms with E-state index in [0.717, 1.165) is 96.3 Å². The summed E-state index contributed by atoms with van der Waals surface area (Å²) in [7, 11) is 0. The van der Waals surface area contributed by atoms with E-state index in [4.69, 9.17) is 18.9 Å². The van der Waals surface area contributed by atoms with E-state index in [1.807, 2.05) is 12.2 Å². The molecule has 0 radical (unpaired) electrons. The highest BCUT2D eigenvalue weighted by atomic mass is 16.7. The Balaban J connectivity index is 2.42. The SMILES string of the molecule is CC/C=C\C/C=C\C/C=C\C/C=C\C/C=C\CCCC(=O)OCC(COC1OC(C(=O)O)C(O)C(O)C1O)OC(=O)CCCCCCCC/C=C\C/C=C\C/C=C\C/C=C\CC. The summed E-state index contributed by atoms with van der Waals surface area (Å²) in [5.74, 6) is -2.56. The van der Waals surface area contributed by atoms with E-state index in [9.17, 15) is 34.8 Å². The van der Waals surface area contributed by atoms with Crippen LogP contribution < -0.4 is 0 Å². The van der Waals surface area contributed by atoms with Gasteiger partial charge in [0.25, 0.3) is 0 Å². The highest BCUT2D eigenvalue weighted by molar-refractivity contribution is 5.73. The molecule has 0 aromatic heterocycles. The van der Waals surface area contributed by atoms with Crippen molar-refractivity contribution in [3.05, 3.63) is 109 Å². The van der Waals surface area contributed by atoms with Gasteiger partial charge in [-0.1, -0.05) is 149 Å². The minimum absolute atomic E-state index is 0.147. The quantitative estimate of drug-likeness (QED) is 0.0269. The van der Waals surface area contributed by atoms with Gasteiger partial charge >= 0.3 is 17.9 Å². The summed E-state index contributed by atoms with van der Waals surface area (Å²) in [4.78, 5) is 36.9. The lowest BCUT2D eigenvalue weighted by Gasteiger charge is -2.38. The van der Waals surface area contributed by atoms with Crippen molar-refractivity contribution in [1.29, 1.82) is 0 Å². The molecule has 1 aliphatic rings. The van der Waals surface area contributed by atoms with Crippen LogP contribution in [0.25, 0.3) is 0 Å². The summed E-state index contributed by atoms with van der Waals surface area (Å²) in [5, 5.41) is 39.8. The third-order valence-electron chi connectivity index (χ3n) is 9.62. The molecule has 0 aromatic rings. The first kappa shape index (κ1) is 55.9. The molecule has 6 unspecified atom stereocenters. The molecule has 0 saturated carbocycles. The number of carbonyl (C=O) groups is 3. The number of aliphatic carboxylic acids is 1. The Kier molecular flexibility index (Phi) is 35.8. The zero-order valence-corrected chi connectivity index (χ0v) is 37.6. The number of aliphatic hydroxyl groups excluding tert-OH is 3. The number of carboxylic acids is 1. The van der Waals surface area contributed by atoms with Gasteiger partial charge in [-0.15, -0.1) is 0 Å². The largest absolute Gasteiger partial charge is 0.479 e. The number of ether oxygens (including phenoxy) is 4. The van der Waals surface area contributed by atoms with Crippen LogP contribution in [0.2, 0.25) is 0 Å². The Morgan fingerprint density at radius 2 is 0.919 bits per heavy atom. The third kappa shape index (κ3) is 30.8. The van der Waals surface area contributed by atoms with Gasteiger partial charge in [0.2, 0.25) is 0 Å². The first-order valence-corrected chi connectivity index (χ1v) is 22.9. The third-order valence-corrected chi connectivity index (χ3v) is 9.62. The van der Waals surface area contributed by atoms with Crippen LogP contribution in [-0.2, 0) is 33.3 Å². The van der Waals surface area contributed by atoms with E-state index in [2.05, 4.69) is 111 Å². The number of allylic oxidation sites excluding steroid dienone is 18. The van der Waals surface area contributed by atoms with Crippen LogP contribution in [-0.4, -0.2) is 88.4 Å². The van der Waals surface area contributed by atoms with Crippen molar-refractivity contribution >= 4 is 17.9 Å². The predicted octanol–water partition coefficient (Wildman–Crippen LogP) is 10.2. The second kappa shape index (κ2) is 39.7. The average Bonchev–Trinajstić information content (AvgIpc) is 3.26. The number of hydrogen-bond acceptors (Lipinski definition) is 10. The van der Waals surface area contributed by atoms with Crippen molar-refractivity contribution in [3.63, 3.8) is 0 Å². The molecule has 1 fully saturated rings. The van der Waals surface area contributed by atoms with Gasteiger partial charge in [0.05, 0.1) is 6.61 Å². The molecule has 1 rings (SSSR count). The summed E-state index contributed by atoms with van der Waals surface area (Å²) in [6.07, 6.45) is 45.7. The van der Waals surface area contributed by atoms with Crippen molar-refractivity contribution in [3.8, 4) is 0 Å². The van der Waals surface area contributed by atoms with Crippen molar-refractivity contribution in [2.24, 2.45) is 0 Å². The highest BCUT2D eigenvalue weighted by Gasteiger charge is 2.47. The molecule has 4 N–H and O–H groups in total. The Bertz CT molecular complexity index is 1440. The topological polar surface area (TPSA) is 169 Å². The van der Waals surface area contributed by atoms with Gasteiger partial charge in [-0.05, 0) is 89.9 Å². The Hall–Kier alpha value is -4.13. The number of carboxylic acid groups (broad SMARTS) is 1. The number of aliphatic hydroxyl groups is 3. The van der Waals surface area contributed by atoms with E-state index >= 15 is 0 Å². The fourth-order valence-electron chi connectivity index (χ4n) is 6.08. The van der Waals surface area contributed by atoms with Gasteiger partial charge in [0.15, 0.2) is 18.5 Å². The molecule has 1 aliphatic heterocycles. The molecule has 1 saturated heterocycles. The Labute approximate surface area is 372 Å². The fourth-order valence-corrected chi connectivity index (χ4v) is 6.08. The van der Waals surface area contributed by atoms with Crippen molar-refractivity contribution in [2.75, 3.05) is 13.2 Å². The lowest BCUT2D eigenvalue weighted by molar-refractivity contribution is -0.298. The second-order valence-electron chi connectivity index (χ2n) is 15.1. The van der Waals surface area contributed by atoms with Gasteiger partial charge in [-0.25, -0.2) is 4.79 Å². The maximum Gasteiger partial charge on any atom is 0.335 e. The summed E-state index contributed by atoms with van der Waals surface area (Å²) >= 11 is 0. The molecule has 62 heavy (non-hydrogen) atoms. The van der Waals surface area contributed by atoms with Gasteiger partial charge in [0, 0.05) is 12.8 Å². The van der Waals surface area contributed by atoms with E-state index < -0.39 is 61.3 Å². The first-order valence-electron chi connectivity index (χ1n) is 22.9. The number of rotatable bonds is 36. The molecule has 0 aliphatic carbocycles. The van der Waals surface area contributed by atoms with Gasteiger partial charge in [0.1, 0.15) is 24.9 Å². The highest BCUT2D eigenvalue weighted by Crippen LogP contribution is 2.23. The zero-order valence-electron chi connectivity index (χ0n) is 37.6. The second-order valence-corrected chi connectivity index (χ2v) is 15.1. The standard InChI is InChI=1S/C51H78O11/c1-3-5-7-9-11-13-15-17-19-21-22-24-26-28-30-32-34-36-38-40-45(53)61-43(42-60-51-48(56)46(54)47(55)49(62-51)50(57)58)41-59-44(52)39-37-35-33-31-29-27-25-23-20-18-16-14-12-10-8-6-4-2/h5-8,11-14,17-20,22,24-25,27,31,33,43,46-49,51,54-56H,3-4,9-10,15-16,21,23,26,28-30,32,34-42H2,1-2H3,(H,57,58)/b7-5-,8-6-,13-11-,14-12-,19-17-,20-18-,24-22-,27-25-,33-31-. The van der Waals surface area contributed by atoms with Crippen molar-refractivity contribution < 1.29 is 53.8 Å². The van der Waals surface area contributed by atoms with Gasteiger partial charge in [-0.3, -0.25) is 9.59 Å². The Morgan fingerprint density at radius 3 is 1.40 bits per heavy atom. The van der Waals surface area contributed by atoms with Crippen LogP contribution in [0.4, 0.5) is 0 Å². The molecule has 0 amide bonds. The molecule has 0 aromatic carbocycles. The molecule has 11 heteroatoms. The molecule has 0 spiro atoms. The number of unbranched alkanes of at least 4 members (excludes halogenated alkanes) is 7. The fraction of sp³-hybridized carbons (Fsp3) is 0.588. The van der Waals surface area contributed by atoms with E-state index in [1.165, 1.54) is 0 Å². The maximum atomic E-state index is 12.8. The van der Waals surface area contributed by atoms with E-state index in [1.54, 1.807) is 0 Å². The molecule has 348 valence electrons. The lowest BCUT2D eigenvalue weighted by atomic mass is 9.99.